The molecule has 0 aromatic heterocycles. The van der Waals surface area contributed by atoms with Gasteiger partial charge >= 0.3 is 17.2 Å². The topological polar surface area (TPSA) is 127 Å². The fourth-order valence-electron chi connectivity index (χ4n) is 3.91. The number of rotatable bonds is 7. The first-order valence-electron chi connectivity index (χ1n) is 10.5. The molecule has 0 bridgehead atoms. The Morgan fingerprint density at radius 1 is 0.769 bits per heavy atom. The number of ketones is 1. The summed E-state index contributed by atoms with van der Waals surface area (Å²) < 4.78 is 75.5. The van der Waals surface area contributed by atoms with Crippen molar-refractivity contribution in [2.45, 2.75) is 24.5 Å². The third-order valence-corrected chi connectivity index (χ3v) is 9.86. The molecule has 39 heavy (non-hydrogen) atoms. The summed E-state index contributed by atoms with van der Waals surface area (Å²) in [5, 5.41) is -5.28. The minimum absolute atomic E-state index is 0.0509. The Balaban J connectivity index is 1.94. The Kier molecular flexibility index (Phi) is 11.0. The van der Waals surface area contributed by atoms with Crippen LogP contribution in [0.15, 0.2) is 51.1 Å². The number of carbonyl (C=O) groups is 3. The number of hydrogen-bond acceptors (Lipinski definition) is 8. The van der Waals surface area contributed by atoms with Crippen molar-refractivity contribution in [2.24, 2.45) is 17.8 Å². The highest BCUT2D eigenvalue weighted by atomic mass is 79.9. The molecule has 17 heteroatoms. The van der Waals surface area contributed by atoms with Gasteiger partial charge in [-0.2, -0.15) is 8.78 Å². The quantitative estimate of drug-likeness (QED) is 0.159. The molecule has 3 unspecified atom stereocenters. The van der Waals surface area contributed by atoms with Crippen LogP contribution >= 0.6 is 95.6 Å². The molecule has 1 aliphatic rings. The van der Waals surface area contributed by atoms with E-state index in [0.717, 1.165) is 0 Å². The highest BCUT2D eigenvalue weighted by Gasteiger charge is 2.54. The van der Waals surface area contributed by atoms with Crippen molar-refractivity contribution in [3.63, 3.8) is 0 Å². The number of carbonyl (C=O) groups excluding carboxylic acids is 3. The van der Waals surface area contributed by atoms with E-state index in [1.807, 2.05) is 0 Å². The fourth-order valence-corrected chi connectivity index (χ4v) is 9.15. The SMILES string of the molecule is O=C(Oc1c(Br)cc(Br)cc1Br)C1CCC(C(=O)C(F)(F)S(=O)(=O)[O-])C(C(=O)Oc2c(Br)cc(Br)cc2Br)C1. The third kappa shape index (κ3) is 7.56. The second-order valence-corrected chi connectivity index (χ2v) is 15.0. The van der Waals surface area contributed by atoms with Crippen molar-refractivity contribution in [3.05, 3.63) is 51.1 Å². The van der Waals surface area contributed by atoms with Gasteiger partial charge in [-0.05, 0) is 107 Å². The maximum Gasteiger partial charge on any atom is 0.391 e. The van der Waals surface area contributed by atoms with Gasteiger partial charge in [0.15, 0.2) is 21.6 Å². The average molecular weight is 955 g/mol. The first-order chi connectivity index (χ1) is 17.9. The molecule has 2 aromatic carbocycles. The smallest absolute Gasteiger partial charge is 0.391 e. The second-order valence-electron chi connectivity index (χ2n) is 8.30. The molecular formula is C22H13Br6F2O8S-. The van der Waals surface area contributed by atoms with E-state index in [9.17, 15) is 36.1 Å². The summed E-state index contributed by atoms with van der Waals surface area (Å²) in [7, 11) is -6.37. The molecule has 212 valence electrons. The number of hydrogen-bond donors (Lipinski definition) is 0. The zero-order valence-electron chi connectivity index (χ0n) is 18.9. The Bertz CT molecular complexity index is 1410. The molecule has 2 aromatic rings. The van der Waals surface area contributed by atoms with Gasteiger partial charge in [0.25, 0.3) is 0 Å². The van der Waals surface area contributed by atoms with Gasteiger partial charge < -0.3 is 14.0 Å². The van der Waals surface area contributed by atoms with Crippen LogP contribution in [0.1, 0.15) is 19.3 Å². The first-order valence-corrected chi connectivity index (χ1v) is 16.7. The normalized spacial score (nSPS) is 19.9. The lowest BCUT2D eigenvalue weighted by Gasteiger charge is -2.34. The standard InChI is InChI=1S/C22H14Br6F2O8S/c23-9-4-13(25)17(14(26)5-9)37-20(32)8-1-2-11(19(31)22(29,30)39(34,35)36)12(3-8)21(33)38-18-15(27)6-10(24)7-16(18)28/h4-8,11-12H,1-3H2,(H,34,35,36)/p-1. The summed E-state index contributed by atoms with van der Waals surface area (Å²) in [5.74, 6) is -8.84. The first kappa shape index (κ1) is 33.2. The monoisotopic (exact) mass is 949 g/mol. The summed E-state index contributed by atoms with van der Waals surface area (Å²) >= 11 is 19.5. The van der Waals surface area contributed by atoms with Gasteiger partial charge in [-0.1, -0.05) is 31.9 Å². The van der Waals surface area contributed by atoms with Gasteiger partial charge in [0.2, 0.25) is 5.78 Å². The van der Waals surface area contributed by atoms with Crippen molar-refractivity contribution in [3.8, 4) is 11.5 Å². The number of benzene rings is 2. The molecule has 1 saturated carbocycles. The molecule has 0 saturated heterocycles. The van der Waals surface area contributed by atoms with E-state index < -0.39 is 63.7 Å². The van der Waals surface area contributed by atoms with Gasteiger partial charge in [-0.15, -0.1) is 0 Å². The second kappa shape index (κ2) is 12.9. The summed E-state index contributed by atoms with van der Waals surface area (Å²) in [6, 6.07) is 6.29. The number of halogens is 8. The van der Waals surface area contributed by atoms with E-state index in [2.05, 4.69) is 95.6 Å². The minimum Gasteiger partial charge on any atom is -0.743 e. The predicted molar refractivity (Wildman–Crippen MR) is 154 cm³/mol. The largest absolute Gasteiger partial charge is 0.743 e. The van der Waals surface area contributed by atoms with Crippen LogP contribution < -0.4 is 9.47 Å². The molecule has 0 aliphatic heterocycles. The average Bonchev–Trinajstić information content (AvgIpc) is 2.81. The molecule has 0 heterocycles. The van der Waals surface area contributed by atoms with E-state index >= 15 is 0 Å². The Morgan fingerprint density at radius 2 is 1.18 bits per heavy atom. The van der Waals surface area contributed by atoms with Gasteiger partial charge in [-0.25, -0.2) is 8.42 Å². The van der Waals surface area contributed by atoms with Gasteiger partial charge in [0.05, 0.1) is 29.7 Å². The molecule has 3 atom stereocenters. The van der Waals surface area contributed by atoms with Crippen LogP contribution in [0.2, 0.25) is 0 Å². The summed E-state index contributed by atoms with van der Waals surface area (Å²) in [6.07, 6.45) is -1.19. The van der Waals surface area contributed by atoms with Crippen LogP contribution in [0.3, 0.4) is 0 Å². The Morgan fingerprint density at radius 3 is 1.59 bits per heavy atom. The molecule has 0 radical (unpaired) electrons. The van der Waals surface area contributed by atoms with Crippen LogP contribution in [0.4, 0.5) is 8.78 Å². The highest BCUT2D eigenvalue weighted by Crippen LogP contribution is 2.43. The van der Waals surface area contributed by atoms with E-state index in [1.54, 1.807) is 12.1 Å². The van der Waals surface area contributed by atoms with Crippen LogP contribution in [0.5, 0.6) is 11.5 Å². The molecular weight excluding hydrogens is 942 g/mol. The Labute approximate surface area is 271 Å². The van der Waals surface area contributed by atoms with E-state index in [-0.39, 0.29) is 26.9 Å². The van der Waals surface area contributed by atoms with Crippen molar-refractivity contribution in [1.29, 1.82) is 0 Å². The maximum absolute atomic E-state index is 14.3. The van der Waals surface area contributed by atoms with Crippen molar-refractivity contribution in [2.75, 3.05) is 0 Å². The lowest BCUT2D eigenvalue weighted by Crippen LogP contribution is -2.48. The van der Waals surface area contributed by atoms with E-state index in [0.29, 0.717) is 17.9 Å². The number of Topliss-reactive ketones (excluding diaryl/α,β-unsaturated/α-hetero) is 1. The summed E-state index contributed by atoms with van der Waals surface area (Å²) in [5.41, 5.74) is 0. The fraction of sp³-hybridized carbons (Fsp3) is 0.318. The van der Waals surface area contributed by atoms with Gasteiger partial charge in [0.1, 0.15) is 0 Å². The van der Waals surface area contributed by atoms with Crippen LogP contribution in [-0.2, 0) is 24.5 Å². The predicted octanol–water partition coefficient (Wildman–Crippen LogP) is 7.51. The van der Waals surface area contributed by atoms with E-state index in [1.165, 1.54) is 12.1 Å². The number of ether oxygens (including phenoxy) is 2. The molecule has 0 spiro atoms. The van der Waals surface area contributed by atoms with Crippen LogP contribution in [-0.4, -0.2) is 35.9 Å². The van der Waals surface area contributed by atoms with E-state index in [4.69, 9.17) is 9.47 Å². The van der Waals surface area contributed by atoms with Gasteiger partial charge in [-0.3, -0.25) is 14.4 Å². The summed E-state index contributed by atoms with van der Waals surface area (Å²) in [6.45, 7) is 0. The van der Waals surface area contributed by atoms with Crippen molar-refractivity contribution < 1.29 is 45.6 Å². The molecule has 3 rings (SSSR count). The maximum atomic E-state index is 14.3. The minimum atomic E-state index is -6.37. The molecule has 1 aliphatic carbocycles. The molecule has 1 fully saturated rings. The Hall–Kier alpha value is -0.300. The lowest BCUT2D eigenvalue weighted by atomic mass is 9.72. The molecule has 0 amide bonds. The molecule has 0 N–H and O–H groups in total. The lowest BCUT2D eigenvalue weighted by molar-refractivity contribution is -0.155. The zero-order chi connectivity index (χ0) is 29.4. The highest BCUT2D eigenvalue weighted by molar-refractivity contribution is 9.12. The number of esters is 2. The van der Waals surface area contributed by atoms with Crippen molar-refractivity contribution in [1.82, 2.24) is 0 Å². The van der Waals surface area contributed by atoms with Crippen LogP contribution in [0, 0.1) is 17.8 Å². The van der Waals surface area contributed by atoms with Crippen LogP contribution in [0.25, 0.3) is 0 Å². The zero-order valence-corrected chi connectivity index (χ0v) is 29.2. The third-order valence-electron chi connectivity index (χ3n) is 5.76. The van der Waals surface area contributed by atoms with Gasteiger partial charge in [0, 0.05) is 14.9 Å². The van der Waals surface area contributed by atoms with Crippen molar-refractivity contribution >= 4 is 123 Å². The number of alkyl halides is 2. The molecule has 8 nitrogen and oxygen atoms in total. The summed E-state index contributed by atoms with van der Waals surface area (Å²) in [4.78, 5) is 38.9.